The lowest BCUT2D eigenvalue weighted by atomic mass is 10.1. The molecule has 1 amide bonds. The van der Waals surface area contributed by atoms with E-state index in [4.69, 9.17) is 4.42 Å². The van der Waals surface area contributed by atoms with Crippen molar-refractivity contribution in [2.75, 3.05) is 6.54 Å². The molecule has 2 aromatic rings. The zero-order chi connectivity index (χ0) is 13.8. The summed E-state index contributed by atoms with van der Waals surface area (Å²) in [5, 5.41) is 2.57. The lowest BCUT2D eigenvalue weighted by molar-refractivity contribution is -0.118. The molecule has 0 unspecified atom stereocenters. The van der Waals surface area contributed by atoms with Gasteiger partial charge in [0.25, 0.3) is 0 Å². The quantitative estimate of drug-likeness (QED) is 0.857. The molecule has 0 radical (unpaired) electrons. The number of fused-ring (bicyclic) bond motifs is 3. The Morgan fingerprint density at radius 2 is 2.21 bits per heavy atom. The molecule has 0 saturated heterocycles. The average Bonchev–Trinajstić information content (AvgIpc) is 2.93. The number of aromatic nitrogens is 1. The summed E-state index contributed by atoms with van der Waals surface area (Å²) < 4.78 is 5.60. The maximum Gasteiger partial charge on any atom is 0.216 e. The van der Waals surface area contributed by atoms with Gasteiger partial charge < -0.3 is 9.73 Å². The van der Waals surface area contributed by atoms with E-state index in [1.54, 1.807) is 0 Å². The molecule has 4 heteroatoms. The molecule has 1 aliphatic rings. The number of aryl methyl sites for hydroxylation is 3. The Bertz CT molecular complexity index is 587. The van der Waals surface area contributed by atoms with E-state index in [-0.39, 0.29) is 5.91 Å². The Balaban J connectivity index is 0.000000192. The normalized spacial score (nSPS) is 12.8. The van der Waals surface area contributed by atoms with Crippen molar-refractivity contribution < 1.29 is 9.21 Å². The highest BCUT2D eigenvalue weighted by molar-refractivity contribution is 5.78. The third-order valence-electron chi connectivity index (χ3n) is 3.16. The number of nitrogens with zero attached hydrogens (tertiary/aromatic N) is 1. The molecule has 1 aromatic carbocycles. The Morgan fingerprint density at radius 3 is 2.84 bits per heavy atom. The van der Waals surface area contributed by atoms with Crippen LogP contribution in [0.25, 0.3) is 11.1 Å². The standard InChI is InChI=1S/C11H11NO.C4H9NO/c1-7-12-10-6-5-8-3-2-4-9(8)11(10)13-7;1-3-5-4(2)6/h5-6H,2-4H2,1H3;3H2,1-2H3,(H,5,6). The van der Waals surface area contributed by atoms with E-state index in [1.807, 2.05) is 13.8 Å². The molecule has 0 bridgehead atoms. The number of benzene rings is 1. The predicted molar refractivity (Wildman–Crippen MR) is 75.1 cm³/mol. The van der Waals surface area contributed by atoms with E-state index in [1.165, 1.54) is 30.9 Å². The van der Waals surface area contributed by atoms with E-state index < -0.39 is 0 Å². The molecule has 0 spiro atoms. The van der Waals surface area contributed by atoms with E-state index in [0.29, 0.717) is 0 Å². The second-order valence-electron chi connectivity index (χ2n) is 4.72. The average molecular weight is 260 g/mol. The summed E-state index contributed by atoms with van der Waals surface area (Å²) in [7, 11) is 0. The van der Waals surface area contributed by atoms with Crippen LogP contribution >= 0.6 is 0 Å². The van der Waals surface area contributed by atoms with Gasteiger partial charge >= 0.3 is 0 Å². The van der Waals surface area contributed by atoms with Crippen LogP contribution in [0.3, 0.4) is 0 Å². The monoisotopic (exact) mass is 260 g/mol. The van der Waals surface area contributed by atoms with E-state index in [9.17, 15) is 4.79 Å². The number of hydrogen-bond donors (Lipinski definition) is 1. The summed E-state index contributed by atoms with van der Waals surface area (Å²) >= 11 is 0. The zero-order valence-corrected chi connectivity index (χ0v) is 11.7. The van der Waals surface area contributed by atoms with Crippen LogP contribution in [-0.4, -0.2) is 17.4 Å². The van der Waals surface area contributed by atoms with Gasteiger partial charge in [-0.05, 0) is 37.8 Å². The van der Waals surface area contributed by atoms with Crippen molar-refractivity contribution in [2.24, 2.45) is 0 Å². The van der Waals surface area contributed by atoms with Gasteiger partial charge in [-0.2, -0.15) is 0 Å². The van der Waals surface area contributed by atoms with Gasteiger partial charge in [0.05, 0.1) is 0 Å². The smallest absolute Gasteiger partial charge is 0.216 e. The summed E-state index contributed by atoms with van der Waals surface area (Å²) in [4.78, 5) is 14.3. The van der Waals surface area contributed by atoms with Crippen molar-refractivity contribution in [3.63, 3.8) is 0 Å². The van der Waals surface area contributed by atoms with Gasteiger partial charge in [-0.25, -0.2) is 4.98 Å². The second-order valence-corrected chi connectivity index (χ2v) is 4.72. The van der Waals surface area contributed by atoms with Crippen molar-refractivity contribution in [1.29, 1.82) is 0 Å². The molecule has 0 atom stereocenters. The minimum absolute atomic E-state index is 0.0394. The molecule has 1 aliphatic carbocycles. The van der Waals surface area contributed by atoms with Crippen LogP contribution in [0, 0.1) is 6.92 Å². The molecule has 1 N–H and O–H groups in total. The van der Waals surface area contributed by atoms with Gasteiger partial charge in [-0.1, -0.05) is 6.07 Å². The summed E-state index contributed by atoms with van der Waals surface area (Å²) in [5.41, 5.74) is 4.87. The van der Waals surface area contributed by atoms with Crippen molar-refractivity contribution in [2.45, 2.75) is 40.0 Å². The van der Waals surface area contributed by atoms with Gasteiger partial charge in [0.2, 0.25) is 5.91 Å². The molecule has 19 heavy (non-hydrogen) atoms. The lowest BCUT2D eigenvalue weighted by Gasteiger charge is -1.96. The van der Waals surface area contributed by atoms with E-state index in [2.05, 4.69) is 22.4 Å². The molecular formula is C15H20N2O2. The van der Waals surface area contributed by atoms with Crippen LogP contribution in [0.5, 0.6) is 0 Å². The van der Waals surface area contributed by atoms with Crippen LogP contribution in [0.1, 0.15) is 37.3 Å². The highest BCUT2D eigenvalue weighted by atomic mass is 16.3. The van der Waals surface area contributed by atoms with Crippen LogP contribution in [0.2, 0.25) is 0 Å². The molecule has 3 rings (SSSR count). The minimum atomic E-state index is 0.0394. The van der Waals surface area contributed by atoms with Gasteiger partial charge in [-0.15, -0.1) is 0 Å². The Hall–Kier alpha value is -1.84. The van der Waals surface area contributed by atoms with Gasteiger partial charge in [0.15, 0.2) is 11.5 Å². The SMILES string of the molecule is CCNC(C)=O.Cc1nc2ccc3c(c2o1)CCC3. The first-order valence-corrected chi connectivity index (χ1v) is 6.74. The molecule has 1 heterocycles. The number of rotatable bonds is 1. The maximum absolute atomic E-state index is 9.93. The second kappa shape index (κ2) is 5.87. The lowest BCUT2D eigenvalue weighted by Crippen LogP contribution is -2.18. The summed E-state index contributed by atoms with van der Waals surface area (Å²) in [6.07, 6.45) is 3.61. The molecule has 1 aromatic heterocycles. The Labute approximate surface area is 113 Å². The van der Waals surface area contributed by atoms with Crippen LogP contribution in [0.4, 0.5) is 0 Å². The largest absolute Gasteiger partial charge is 0.441 e. The summed E-state index contributed by atoms with van der Waals surface area (Å²) in [6, 6.07) is 4.25. The van der Waals surface area contributed by atoms with Crippen molar-refractivity contribution in [3.05, 3.63) is 29.2 Å². The molecule has 0 fully saturated rings. The first kappa shape index (κ1) is 13.6. The van der Waals surface area contributed by atoms with Crippen LogP contribution in [0.15, 0.2) is 16.5 Å². The van der Waals surface area contributed by atoms with Crippen LogP contribution in [-0.2, 0) is 17.6 Å². The molecular weight excluding hydrogens is 240 g/mol. The van der Waals surface area contributed by atoms with Crippen molar-refractivity contribution in [1.82, 2.24) is 10.3 Å². The third-order valence-corrected chi connectivity index (χ3v) is 3.16. The summed E-state index contributed by atoms with van der Waals surface area (Å²) in [5.74, 6) is 0.813. The fourth-order valence-electron chi connectivity index (χ4n) is 2.41. The predicted octanol–water partition coefficient (Wildman–Crippen LogP) is 2.77. The number of amides is 1. The number of nitrogens with one attached hydrogen (secondary N) is 1. The molecule has 0 aliphatic heterocycles. The number of hydrogen-bond acceptors (Lipinski definition) is 3. The Kier molecular flexibility index (Phi) is 4.20. The maximum atomic E-state index is 9.93. The fourth-order valence-corrected chi connectivity index (χ4v) is 2.41. The zero-order valence-electron chi connectivity index (χ0n) is 11.7. The summed E-state index contributed by atoms with van der Waals surface area (Å²) in [6.45, 7) is 6.03. The van der Waals surface area contributed by atoms with Crippen molar-refractivity contribution in [3.8, 4) is 0 Å². The fraction of sp³-hybridized carbons (Fsp3) is 0.467. The van der Waals surface area contributed by atoms with Gasteiger partial charge in [0, 0.05) is 26.0 Å². The van der Waals surface area contributed by atoms with Gasteiger partial charge in [-0.3, -0.25) is 4.79 Å². The number of oxazole rings is 1. The van der Waals surface area contributed by atoms with E-state index in [0.717, 1.165) is 30.0 Å². The number of carbonyl (C=O) groups excluding carboxylic acids is 1. The highest BCUT2D eigenvalue weighted by Gasteiger charge is 2.16. The molecule has 0 saturated carbocycles. The van der Waals surface area contributed by atoms with Crippen LogP contribution < -0.4 is 5.32 Å². The molecule has 102 valence electrons. The molecule has 4 nitrogen and oxygen atoms in total. The van der Waals surface area contributed by atoms with Crippen molar-refractivity contribution >= 4 is 17.0 Å². The topological polar surface area (TPSA) is 55.1 Å². The van der Waals surface area contributed by atoms with Gasteiger partial charge in [0.1, 0.15) is 5.52 Å². The Morgan fingerprint density at radius 1 is 1.42 bits per heavy atom. The third kappa shape index (κ3) is 3.13. The highest BCUT2D eigenvalue weighted by Crippen LogP contribution is 2.29. The first-order chi connectivity index (χ1) is 9.11. The number of carbonyl (C=O) groups is 1. The van der Waals surface area contributed by atoms with E-state index >= 15 is 0 Å². The minimum Gasteiger partial charge on any atom is -0.441 e. The first-order valence-electron chi connectivity index (χ1n) is 6.74.